The first-order chi connectivity index (χ1) is 26.6. The second-order valence-corrected chi connectivity index (χ2v) is 14.8. The lowest BCUT2D eigenvalue weighted by Crippen LogP contribution is -2.42. The number of carboxylic acid groups (broad SMARTS) is 2. The lowest BCUT2D eigenvalue weighted by molar-refractivity contribution is -0.142. The standard InChI is InChI=1S/C23H17BrCl2N2O3S.C11H15NO2.C7H5BrO2/c24-16-5-2-1-4-15(16)22(32)28-19(23(30)31)12-13-8-10-14(11-9-13)27-21(29)20-17(25)6-3-7-18(20)26;1-8-3-5-9(6-4-8)7-10(12)11(13)14-2;8-6-4-2-1-3-5(6)7(9)10/h1-11,19H,12H2,(H,27,29)(H,28,32)(H,30,31);3-6,10H,7,12H2,1-2H3;1-4H,(H,9,10). The largest absolute Gasteiger partial charge is 0.480 e. The summed E-state index contributed by atoms with van der Waals surface area (Å²) < 4.78 is 5.94. The number of hydrogen-bond acceptors (Lipinski definition) is 7. The highest BCUT2D eigenvalue weighted by Gasteiger charge is 2.21. The molecule has 2 atom stereocenters. The first-order valence-electron chi connectivity index (χ1n) is 16.6. The monoisotopic (exact) mass is 943 g/mol. The number of ether oxygens (including phenoxy) is 1. The summed E-state index contributed by atoms with van der Waals surface area (Å²) in [5.41, 5.74) is 10.3. The highest BCUT2D eigenvalue weighted by molar-refractivity contribution is 9.10. The molecule has 2 unspecified atom stereocenters. The van der Waals surface area contributed by atoms with Crippen LogP contribution >= 0.6 is 67.3 Å². The van der Waals surface area contributed by atoms with E-state index in [0.717, 1.165) is 15.6 Å². The van der Waals surface area contributed by atoms with E-state index >= 15 is 0 Å². The third-order valence-corrected chi connectivity index (χ3v) is 10.1. The van der Waals surface area contributed by atoms with Gasteiger partial charge in [0.2, 0.25) is 0 Å². The fraction of sp³-hybridized carbons (Fsp3) is 0.146. The van der Waals surface area contributed by atoms with Gasteiger partial charge < -0.3 is 31.3 Å². The molecule has 0 radical (unpaired) electrons. The highest BCUT2D eigenvalue weighted by Crippen LogP contribution is 2.25. The van der Waals surface area contributed by atoms with Crippen molar-refractivity contribution in [2.75, 3.05) is 12.4 Å². The molecule has 0 aliphatic heterocycles. The maximum atomic E-state index is 12.5. The van der Waals surface area contributed by atoms with Gasteiger partial charge in [0.15, 0.2) is 0 Å². The molecule has 0 saturated carbocycles. The Hall–Kier alpha value is -4.63. The first-order valence-corrected chi connectivity index (χ1v) is 19.4. The van der Waals surface area contributed by atoms with E-state index in [-0.39, 0.29) is 28.0 Å². The molecule has 5 rings (SSSR count). The van der Waals surface area contributed by atoms with Gasteiger partial charge >= 0.3 is 17.9 Å². The van der Waals surface area contributed by atoms with Crippen LogP contribution in [0.4, 0.5) is 5.69 Å². The van der Waals surface area contributed by atoms with Gasteiger partial charge in [0.05, 0.1) is 28.3 Å². The van der Waals surface area contributed by atoms with Crippen LogP contribution in [-0.4, -0.2) is 58.2 Å². The summed E-state index contributed by atoms with van der Waals surface area (Å²) in [5, 5.41) is 24.3. The van der Waals surface area contributed by atoms with E-state index in [2.05, 4.69) is 47.2 Å². The van der Waals surface area contributed by atoms with Gasteiger partial charge in [0, 0.05) is 26.6 Å². The Morgan fingerprint density at radius 3 is 1.73 bits per heavy atom. The zero-order valence-corrected chi connectivity index (χ0v) is 35.5. The van der Waals surface area contributed by atoms with Gasteiger partial charge in [0.25, 0.3) is 5.91 Å². The number of carbonyl (C=O) groups excluding carboxylic acids is 2. The second kappa shape index (κ2) is 22.8. The maximum absolute atomic E-state index is 12.5. The summed E-state index contributed by atoms with van der Waals surface area (Å²) in [7, 11) is 1.34. The molecule has 0 heterocycles. The number of hydrogen-bond donors (Lipinski definition) is 5. The van der Waals surface area contributed by atoms with Crippen molar-refractivity contribution in [2.45, 2.75) is 31.8 Å². The Bertz CT molecular complexity index is 2140. The molecule has 10 nitrogen and oxygen atoms in total. The van der Waals surface area contributed by atoms with Crippen LogP contribution in [0.1, 0.15) is 43.0 Å². The number of benzene rings is 5. The first kappa shape index (κ1) is 45.8. The molecule has 0 saturated heterocycles. The van der Waals surface area contributed by atoms with Crippen LogP contribution in [0.2, 0.25) is 10.0 Å². The average molecular weight is 947 g/mol. The Balaban J connectivity index is 0.000000285. The molecule has 1 amide bonds. The van der Waals surface area contributed by atoms with Crippen molar-refractivity contribution in [2.24, 2.45) is 5.73 Å². The Kier molecular flexibility index (Phi) is 18.6. The number of aliphatic carboxylic acids is 1. The molecule has 0 bridgehead atoms. The Morgan fingerprint density at radius 2 is 1.25 bits per heavy atom. The third-order valence-electron chi connectivity index (χ3n) is 7.75. The maximum Gasteiger partial charge on any atom is 0.336 e. The number of methoxy groups -OCH3 is 1. The molecule has 0 fully saturated rings. The summed E-state index contributed by atoms with van der Waals surface area (Å²) in [5.74, 6) is -2.74. The summed E-state index contributed by atoms with van der Waals surface area (Å²) in [6, 6.07) is 32.2. The van der Waals surface area contributed by atoms with E-state index in [1.807, 2.05) is 49.4 Å². The van der Waals surface area contributed by atoms with Crippen LogP contribution < -0.4 is 16.4 Å². The van der Waals surface area contributed by atoms with Crippen LogP contribution in [0.5, 0.6) is 0 Å². The summed E-state index contributed by atoms with van der Waals surface area (Å²) in [4.78, 5) is 46.0. The number of esters is 1. The van der Waals surface area contributed by atoms with Gasteiger partial charge in [-0.05, 0) is 82.9 Å². The predicted octanol–water partition coefficient (Wildman–Crippen LogP) is 9.15. The van der Waals surface area contributed by atoms with E-state index < -0.39 is 29.9 Å². The molecular formula is C41H37Br2Cl2N3O7S. The smallest absolute Gasteiger partial charge is 0.336 e. The highest BCUT2D eigenvalue weighted by atomic mass is 79.9. The number of aryl methyl sites for hydroxylation is 1. The molecule has 0 aromatic heterocycles. The van der Waals surface area contributed by atoms with Gasteiger partial charge in [0.1, 0.15) is 17.1 Å². The van der Waals surface area contributed by atoms with Crippen LogP contribution in [0.25, 0.3) is 0 Å². The number of nitrogens with one attached hydrogen (secondary N) is 2. The van der Waals surface area contributed by atoms with Crippen molar-refractivity contribution in [3.63, 3.8) is 0 Å². The van der Waals surface area contributed by atoms with E-state index in [0.29, 0.717) is 32.7 Å². The topological polar surface area (TPSA) is 168 Å². The van der Waals surface area contributed by atoms with Gasteiger partial charge in [-0.3, -0.25) is 9.59 Å². The van der Waals surface area contributed by atoms with Gasteiger partial charge in [-0.25, -0.2) is 9.59 Å². The number of carboxylic acids is 2. The second-order valence-electron chi connectivity index (χ2n) is 11.9. The predicted molar refractivity (Wildman–Crippen MR) is 231 cm³/mol. The minimum absolute atomic E-state index is 0.190. The lowest BCUT2D eigenvalue weighted by atomic mass is 10.0. The molecule has 292 valence electrons. The average Bonchev–Trinajstić information content (AvgIpc) is 3.16. The van der Waals surface area contributed by atoms with Gasteiger partial charge in [-0.1, -0.05) is 130 Å². The summed E-state index contributed by atoms with van der Waals surface area (Å²) in [6.45, 7) is 2.02. The van der Waals surface area contributed by atoms with Crippen molar-refractivity contribution in [3.8, 4) is 0 Å². The number of thiocarbonyl (C=S) groups is 1. The van der Waals surface area contributed by atoms with E-state index in [1.165, 1.54) is 12.7 Å². The molecule has 15 heteroatoms. The number of aromatic carboxylic acids is 1. The molecule has 0 aliphatic carbocycles. The van der Waals surface area contributed by atoms with Crippen molar-refractivity contribution in [1.29, 1.82) is 0 Å². The third kappa shape index (κ3) is 14.5. The van der Waals surface area contributed by atoms with Crippen LogP contribution in [-0.2, 0) is 27.2 Å². The molecule has 0 spiro atoms. The van der Waals surface area contributed by atoms with Crippen molar-refractivity contribution in [1.82, 2.24) is 5.32 Å². The molecule has 0 aliphatic rings. The fourth-order valence-corrected chi connectivity index (χ4v) is 6.76. The van der Waals surface area contributed by atoms with Crippen molar-refractivity contribution >= 4 is 102 Å². The minimum Gasteiger partial charge on any atom is -0.480 e. The fourth-order valence-electron chi connectivity index (χ4n) is 4.80. The van der Waals surface area contributed by atoms with Crippen LogP contribution in [0, 0.1) is 6.92 Å². The Labute approximate surface area is 356 Å². The zero-order valence-electron chi connectivity index (χ0n) is 30.0. The van der Waals surface area contributed by atoms with Crippen molar-refractivity contribution < 1.29 is 34.1 Å². The van der Waals surface area contributed by atoms with E-state index in [4.69, 9.17) is 46.3 Å². The number of anilines is 1. The van der Waals surface area contributed by atoms with Gasteiger partial charge in [-0.15, -0.1) is 0 Å². The van der Waals surface area contributed by atoms with E-state index in [1.54, 1.807) is 72.8 Å². The van der Waals surface area contributed by atoms with E-state index in [9.17, 15) is 24.3 Å². The SMILES string of the molecule is COC(=O)C(N)Cc1ccc(C)cc1.O=C(Nc1ccc(CC(NC(=S)c2ccccc2Br)C(=O)O)cc1)c1c(Cl)cccc1Cl.O=C(O)c1ccccc1Br. The number of carbonyl (C=O) groups is 4. The Morgan fingerprint density at radius 1 is 0.750 bits per heavy atom. The number of nitrogens with two attached hydrogens (primary N) is 1. The lowest BCUT2D eigenvalue weighted by Gasteiger charge is -2.17. The molecule has 5 aromatic carbocycles. The number of amides is 1. The van der Waals surface area contributed by atoms with Crippen LogP contribution in [0.3, 0.4) is 0 Å². The van der Waals surface area contributed by atoms with Crippen LogP contribution in [0.15, 0.2) is 124 Å². The molecule has 56 heavy (non-hydrogen) atoms. The zero-order chi connectivity index (χ0) is 41.4. The number of rotatable bonds is 11. The summed E-state index contributed by atoms with van der Waals surface area (Å²) in [6.07, 6.45) is 0.720. The van der Waals surface area contributed by atoms with Gasteiger partial charge in [-0.2, -0.15) is 0 Å². The number of halogens is 4. The molecule has 6 N–H and O–H groups in total. The normalized spacial score (nSPS) is 11.3. The van der Waals surface area contributed by atoms with Crippen molar-refractivity contribution in [3.05, 3.63) is 168 Å². The molecule has 5 aromatic rings. The quantitative estimate of drug-likeness (QED) is 0.0637. The minimum atomic E-state index is -1.02. The summed E-state index contributed by atoms with van der Waals surface area (Å²) >= 11 is 24.1. The molecular weight excluding hydrogens is 909 g/mol.